The number of aryl methyl sites for hydroxylation is 1. The number of ether oxygens (including phenoxy) is 1. The van der Waals surface area contributed by atoms with Crippen LogP contribution in [0.1, 0.15) is 27.0 Å². The first kappa shape index (κ1) is 21.2. The van der Waals surface area contributed by atoms with Crippen LogP contribution in [0.2, 0.25) is 0 Å². The van der Waals surface area contributed by atoms with E-state index in [-0.39, 0.29) is 5.91 Å². The van der Waals surface area contributed by atoms with Crippen LogP contribution in [0.3, 0.4) is 0 Å². The van der Waals surface area contributed by atoms with Crippen LogP contribution >= 0.6 is 15.9 Å². The number of hydrogen-bond donors (Lipinski definition) is 1. The standard InChI is InChI=1S/C24H19BrN2O3/c1-17-7-5-6-10-21(17)24(29)27-26-16-19-15-20(25)12-13-22(19)30-23(28)14-11-18-8-3-2-4-9-18/h2-16H,1H3,(H,27,29)/b14-11+,26-16+. The van der Waals surface area contributed by atoms with Crippen LogP contribution < -0.4 is 10.2 Å². The quantitative estimate of drug-likeness (QED) is 0.181. The van der Waals surface area contributed by atoms with Crippen LogP contribution in [-0.2, 0) is 4.79 Å². The van der Waals surface area contributed by atoms with E-state index in [1.165, 1.54) is 12.3 Å². The van der Waals surface area contributed by atoms with E-state index >= 15 is 0 Å². The Morgan fingerprint density at radius 3 is 2.50 bits per heavy atom. The predicted molar refractivity (Wildman–Crippen MR) is 121 cm³/mol. The van der Waals surface area contributed by atoms with Crippen LogP contribution in [0.4, 0.5) is 0 Å². The van der Waals surface area contributed by atoms with E-state index in [2.05, 4.69) is 26.5 Å². The third-order valence-corrected chi connectivity index (χ3v) is 4.65. The van der Waals surface area contributed by atoms with Gasteiger partial charge in [0.2, 0.25) is 0 Å². The number of carbonyl (C=O) groups is 2. The van der Waals surface area contributed by atoms with Gasteiger partial charge in [0.15, 0.2) is 0 Å². The summed E-state index contributed by atoms with van der Waals surface area (Å²) in [6.07, 6.45) is 4.47. The molecule has 0 heterocycles. The molecule has 0 unspecified atom stereocenters. The van der Waals surface area contributed by atoms with Crippen molar-refractivity contribution in [1.82, 2.24) is 5.43 Å². The van der Waals surface area contributed by atoms with Gasteiger partial charge in [0, 0.05) is 21.7 Å². The maximum atomic E-state index is 12.3. The number of benzene rings is 3. The Labute approximate surface area is 183 Å². The van der Waals surface area contributed by atoms with E-state index in [1.54, 1.807) is 36.4 Å². The highest BCUT2D eigenvalue weighted by Gasteiger charge is 2.09. The number of hydrogen-bond acceptors (Lipinski definition) is 4. The molecule has 0 radical (unpaired) electrons. The van der Waals surface area contributed by atoms with Gasteiger partial charge in [-0.2, -0.15) is 5.10 Å². The van der Waals surface area contributed by atoms with Crippen molar-refractivity contribution in [1.29, 1.82) is 0 Å². The Morgan fingerprint density at radius 1 is 1.00 bits per heavy atom. The molecule has 5 nitrogen and oxygen atoms in total. The zero-order chi connectivity index (χ0) is 21.3. The molecule has 3 aromatic carbocycles. The number of hydrazone groups is 1. The van der Waals surface area contributed by atoms with Gasteiger partial charge in [0.25, 0.3) is 5.91 Å². The van der Waals surface area contributed by atoms with E-state index in [1.807, 2.05) is 49.4 Å². The number of rotatable bonds is 6. The van der Waals surface area contributed by atoms with E-state index < -0.39 is 5.97 Å². The lowest BCUT2D eigenvalue weighted by Crippen LogP contribution is -2.18. The second-order valence-electron chi connectivity index (χ2n) is 6.36. The minimum absolute atomic E-state index is 0.316. The molecule has 6 heteroatoms. The molecule has 1 amide bonds. The lowest BCUT2D eigenvalue weighted by Gasteiger charge is -2.07. The van der Waals surface area contributed by atoms with Gasteiger partial charge in [-0.25, -0.2) is 10.2 Å². The molecule has 1 N–H and O–H groups in total. The third-order valence-electron chi connectivity index (χ3n) is 4.15. The maximum absolute atomic E-state index is 12.3. The Hall–Kier alpha value is -3.51. The van der Waals surface area contributed by atoms with Crippen molar-refractivity contribution in [2.45, 2.75) is 6.92 Å². The summed E-state index contributed by atoms with van der Waals surface area (Å²) in [6.45, 7) is 1.85. The Bertz CT molecular complexity index is 1110. The number of esters is 1. The lowest BCUT2D eigenvalue weighted by atomic mass is 10.1. The highest BCUT2D eigenvalue weighted by atomic mass is 79.9. The molecule has 0 aliphatic rings. The van der Waals surface area contributed by atoms with Crippen LogP contribution in [-0.4, -0.2) is 18.1 Å². The first-order chi connectivity index (χ1) is 14.5. The van der Waals surface area contributed by atoms with Gasteiger partial charge in [-0.3, -0.25) is 4.79 Å². The summed E-state index contributed by atoms with van der Waals surface area (Å²) in [5.41, 5.74) is 5.33. The zero-order valence-electron chi connectivity index (χ0n) is 16.2. The molecule has 0 aromatic heterocycles. The van der Waals surface area contributed by atoms with Gasteiger partial charge in [0.1, 0.15) is 5.75 Å². The molecule has 0 atom stereocenters. The highest BCUT2D eigenvalue weighted by Crippen LogP contribution is 2.22. The van der Waals surface area contributed by atoms with Crippen molar-refractivity contribution in [2.24, 2.45) is 5.10 Å². The minimum atomic E-state index is -0.514. The summed E-state index contributed by atoms with van der Waals surface area (Å²) >= 11 is 3.39. The van der Waals surface area contributed by atoms with Crippen molar-refractivity contribution >= 4 is 40.1 Å². The first-order valence-electron chi connectivity index (χ1n) is 9.16. The third kappa shape index (κ3) is 5.99. The molecule has 0 bridgehead atoms. The van der Waals surface area contributed by atoms with Crippen LogP contribution in [0.5, 0.6) is 5.75 Å². The molecule has 3 aromatic rings. The minimum Gasteiger partial charge on any atom is -0.423 e. The second-order valence-corrected chi connectivity index (χ2v) is 7.28. The highest BCUT2D eigenvalue weighted by molar-refractivity contribution is 9.10. The first-order valence-corrected chi connectivity index (χ1v) is 9.96. The van der Waals surface area contributed by atoms with Gasteiger partial charge in [-0.05, 0) is 48.4 Å². The molecule has 3 rings (SSSR count). The summed E-state index contributed by atoms with van der Waals surface area (Å²) < 4.78 is 6.22. The molecule has 0 fully saturated rings. The lowest BCUT2D eigenvalue weighted by molar-refractivity contribution is -0.128. The van der Waals surface area contributed by atoms with Gasteiger partial charge in [-0.15, -0.1) is 0 Å². The van der Waals surface area contributed by atoms with Gasteiger partial charge >= 0.3 is 5.97 Å². The summed E-state index contributed by atoms with van der Waals surface area (Å²) in [5, 5.41) is 4.01. The second kappa shape index (κ2) is 10.3. The average molecular weight is 463 g/mol. The van der Waals surface area contributed by atoms with Crippen LogP contribution in [0.15, 0.2) is 88.4 Å². The Kier molecular flexibility index (Phi) is 7.29. The average Bonchev–Trinajstić information content (AvgIpc) is 2.75. The van der Waals surface area contributed by atoms with Crippen molar-refractivity contribution in [3.63, 3.8) is 0 Å². The normalized spacial score (nSPS) is 11.0. The molecular formula is C24H19BrN2O3. The topological polar surface area (TPSA) is 67.8 Å². The van der Waals surface area contributed by atoms with Gasteiger partial charge < -0.3 is 4.74 Å². The maximum Gasteiger partial charge on any atom is 0.336 e. The van der Waals surface area contributed by atoms with Crippen molar-refractivity contribution in [2.75, 3.05) is 0 Å². The molecule has 0 aliphatic carbocycles. The Balaban J connectivity index is 1.69. The molecule has 0 aliphatic heterocycles. The zero-order valence-corrected chi connectivity index (χ0v) is 17.8. The fourth-order valence-electron chi connectivity index (χ4n) is 2.63. The number of carbonyl (C=O) groups excluding carboxylic acids is 2. The van der Waals surface area contributed by atoms with Crippen molar-refractivity contribution in [3.8, 4) is 5.75 Å². The van der Waals surface area contributed by atoms with Gasteiger partial charge in [0.05, 0.1) is 6.21 Å². The molecule has 150 valence electrons. The SMILES string of the molecule is Cc1ccccc1C(=O)N/N=C/c1cc(Br)ccc1OC(=O)/C=C/c1ccccc1. The molecule has 0 saturated carbocycles. The summed E-state index contributed by atoms with van der Waals surface area (Å²) in [4.78, 5) is 24.5. The monoisotopic (exact) mass is 462 g/mol. The number of halogens is 1. The largest absolute Gasteiger partial charge is 0.423 e. The molecule has 0 spiro atoms. The van der Waals surface area contributed by atoms with E-state index in [0.717, 1.165) is 15.6 Å². The van der Waals surface area contributed by atoms with Crippen LogP contribution in [0, 0.1) is 6.92 Å². The van der Waals surface area contributed by atoms with E-state index in [4.69, 9.17) is 4.74 Å². The molecule has 30 heavy (non-hydrogen) atoms. The summed E-state index contributed by atoms with van der Waals surface area (Å²) in [7, 11) is 0. The number of nitrogens with one attached hydrogen (secondary N) is 1. The molecule has 0 saturated heterocycles. The van der Waals surface area contributed by atoms with Gasteiger partial charge in [-0.1, -0.05) is 64.5 Å². The fourth-order valence-corrected chi connectivity index (χ4v) is 3.01. The summed E-state index contributed by atoms with van der Waals surface area (Å²) in [5.74, 6) is -0.502. The Morgan fingerprint density at radius 2 is 1.73 bits per heavy atom. The smallest absolute Gasteiger partial charge is 0.336 e. The fraction of sp³-hybridized carbons (Fsp3) is 0.0417. The van der Waals surface area contributed by atoms with Crippen LogP contribution in [0.25, 0.3) is 6.08 Å². The van der Waals surface area contributed by atoms with Crippen molar-refractivity contribution < 1.29 is 14.3 Å². The number of amides is 1. The number of nitrogens with zero attached hydrogens (tertiary/aromatic N) is 1. The summed E-state index contributed by atoms with van der Waals surface area (Å²) in [6, 6.07) is 21.9. The van der Waals surface area contributed by atoms with E-state index in [0.29, 0.717) is 16.9 Å². The van der Waals surface area contributed by atoms with Crippen molar-refractivity contribution in [3.05, 3.63) is 106 Å². The predicted octanol–water partition coefficient (Wildman–Crippen LogP) is 5.14. The molecular weight excluding hydrogens is 444 g/mol. The van der Waals surface area contributed by atoms with E-state index in [9.17, 15) is 9.59 Å².